The average molecular weight is 338 g/mol. The molecule has 5 heteroatoms. The molecule has 2 aromatic rings. The Bertz CT molecular complexity index is 769. The Kier molecular flexibility index (Phi) is 4.74. The number of hydrogen-bond acceptors (Lipinski definition) is 3. The molecule has 2 amide bonds. The number of hydrogen-bond donors (Lipinski definition) is 1. The van der Waals surface area contributed by atoms with Gasteiger partial charge >= 0.3 is 0 Å². The van der Waals surface area contributed by atoms with Crippen LogP contribution < -0.4 is 15.4 Å². The lowest BCUT2D eigenvalue weighted by Gasteiger charge is -2.40. The molecule has 2 N–H and O–H groups in total. The summed E-state index contributed by atoms with van der Waals surface area (Å²) < 4.78 is 5.20. The van der Waals surface area contributed by atoms with Crippen molar-refractivity contribution in [2.24, 2.45) is 11.7 Å². The highest BCUT2D eigenvalue weighted by Gasteiger charge is 2.40. The van der Waals surface area contributed by atoms with E-state index < -0.39 is 12.0 Å². The number of aryl methyl sites for hydroxylation is 1. The summed E-state index contributed by atoms with van der Waals surface area (Å²) in [6.45, 7) is 2.00. The summed E-state index contributed by atoms with van der Waals surface area (Å²) in [5.74, 6) is -0.0802. The largest absolute Gasteiger partial charge is 0.497 e. The van der Waals surface area contributed by atoms with E-state index in [1.165, 1.54) is 0 Å². The van der Waals surface area contributed by atoms with Crippen LogP contribution in [0, 0.1) is 12.8 Å². The Morgan fingerprint density at radius 3 is 2.32 bits per heavy atom. The standard InChI is InChI=1S/C20H22N2O3/c1-13-3-7-15(8-4-13)22-18(23)12-11-17(20(21)24)19(22)14-5-9-16(25-2)10-6-14/h3-10,17,19H,11-12H2,1-2H3,(H2,21,24)/t17-,19-/m0/s1. The second-order valence-corrected chi connectivity index (χ2v) is 6.36. The number of ether oxygens (including phenoxy) is 1. The Morgan fingerprint density at radius 2 is 1.76 bits per heavy atom. The quantitative estimate of drug-likeness (QED) is 0.931. The first-order chi connectivity index (χ1) is 12.0. The monoisotopic (exact) mass is 338 g/mol. The zero-order valence-electron chi connectivity index (χ0n) is 14.4. The fraction of sp³-hybridized carbons (Fsp3) is 0.300. The van der Waals surface area contributed by atoms with Gasteiger partial charge in [0.15, 0.2) is 0 Å². The third-order valence-corrected chi connectivity index (χ3v) is 4.73. The minimum absolute atomic E-state index is 0.00201. The molecule has 0 radical (unpaired) electrons. The molecule has 1 fully saturated rings. The number of carbonyl (C=O) groups excluding carboxylic acids is 2. The van der Waals surface area contributed by atoms with Crippen LogP contribution in [0.5, 0.6) is 5.75 Å². The van der Waals surface area contributed by atoms with E-state index in [-0.39, 0.29) is 11.8 Å². The molecular weight excluding hydrogens is 316 g/mol. The number of amides is 2. The molecule has 25 heavy (non-hydrogen) atoms. The first-order valence-electron chi connectivity index (χ1n) is 8.33. The second kappa shape index (κ2) is 6.97. The topological polar surface area (TPSA) is 72.6 Å². The van der Waals surface area contributed by atoms with E-state index in [0.717, 1.165) is 22.6 Å². The highest BCUT2D eigenvalue weighted by molar-refractivity contribution is 5.97. The van der Waals surface area contributed by atoms with Crippen molar-refractivity contribution in [2.75, 3.05) is 12.0 Å². The smallest absolute Gasteiger partial charge is 0.227 e. The molecule has 2 atom stereocenters. The molecule has 0 aliphatic carbocycles. The van der Waals surface area contributed by atoms with Gasteiger partial charge in [0.05, 0.1) is 19.1 Å². The average Bonchev–Trinajstić information content (AvgIpc) is 2.62. The first-order valence-corrected chi connectivity index (χ1v) is 8.33. The van der Waals surface area contributed by atoms with Gasteiger partial charge in [-0.2, -0.15) is 0 Å². The fourth-order valence-electron chi connectivity index (χ4n) is 3.38. The maximum absolute atomic E-state index is 12.7. The highest BCUT2D eigenvalue weighted by atomic mass is 16.5. The van der Waals surface area contributed by atoms with Crippen molar-refractivity contribution in [3.8, 4) is 5.75 Å². The van der Waals surface area contributed by atoms with Crippen molar-refractivity contribution in [2.45, 2.75) is 25.8 Å². The Balaban J connectivity index is 2.07. The summed E-state index contributed by atoms with van der Waals surface area (Å²) in [7, 11) is 1.60. The van der Waals surface area contributed by atoms with Crippen LogP contribution in [0.25, 0.3) is 0 Å². The minimum atomic E-state index is -0.424. The number of primary amides is 1. The Morgan fingerprint density at radius 1 is 1.12 bits per heavy atom. The Labute approximate surface area is 147 Å². The molecule has 1 aliphatic heterocycles. The van der Waals surface area contributed by atoms with E-state index in [9.17, 15) is 9.59 Å². The summed E-state index contributed by atoms with van der Waals surface area (Å²) in [5, 5.41) is 0. The predicted octanol–water partition coefficient (Wildman–Crippen LogP) is 2.97. The summed E-state index contributed by atoms with van der Waals surface area (Å²) in [6, 6.07) is 14.8. The number of nitrogens with two attached hydrogens (primary N) is 1. The van der Waals surface area contributed by atoms with Gasteiger partial charge in [0.2, 0.25) is 11.8 Å². The van der Waals surface area contributed by atoms with E-state index in [2.05, 4.69) is 0 Å². The lowest BCUT2D eigenvalue weighted by molar-refractivity contribution is -0.127. The van der Waals surface area contributed by atoms with Gasteiger partial charge in [-0.05, 0) is 43.2 Å². The van der Waals surface area contributed by atoms with Crippen molar-refractivity contribution in [3.05, 3.63) is 59.7 Å². The molecular formula is C20H22N2O3. The van der Waals surface area contributed by atoms with Crippen LogP contribution in [0.1, 0.15) is 30.0 Å². The molecule has 3 rings (SSSR count). The molecule has 0 unspecified atom stereocenters. The number of rotatable bonds is 4. The molecule has 5 nitrogen and oxygen atoms in total. The van der Waals surface area contributed by atoms with E-state index in [0.29, 0.717) is 12.8 Å². The highest BCUT2D eigenvalue weighted by Crippen LogP contribution is 2.40. The lowest BCUT2D eigenvalue weighted by Crippen LogP contribution is -2.47. The summed E-state index contributed by atoms with van der Waals surface area (Å²) in [6.07, 6.45) is 0.779. The van der Waals surface area contributed by atoms with Crippen LogP contribution in [0.3, 0.4) is 0 Å². The van der Waals surface area contributed by atoms with Crippen molar-refractivity contribution < 1.29 is 14.3 Å². The van der Waals surface area contributed by atoms with E-state index in [1.807, 2.05) is 55.5 Å². The zero-order chi connectivity index (χ0) is 18.0. The molecule has 0 aromatic heterocycles. The lowest BCUT2D eigenvalue weighted by atomic mass is 9.83. The van der Waals surface area contributed by atoms with Crippen molar-refractivity contribution in [1.29, 1.82) is 0 Å². The number of nitrogens with zero attached hydrogens (tertiary/aromatic N) is 1. The molecule has 0 spiro atoms. The molecule has 130 valence electrons. The van der Waals surface area contributed by atoms with Crippen molar-refractivity contribution in [1.82, 2.24) is 0 Å². The van der Waals surface area contributed by atoms with E-state index in [4.69, 9.17) is 10.5 Å². The molecule has 1 saturated heterocycles. The van der Waals surface area contributed by atoms with Crippen LogP contribution in [0.15, 0.2) is 48.5 Å². The molecule has 1 aliphatic rings. The second-order valence-electron chi connectivity index (χ2n) is 6.36. The summed E-state index contributed by atoms with van der Waals surface area (Å²) >= 11 is 0. The third kappa shape index (κ3) is 3.36. The third-order valence-electron chi connectivity index (χ3n) is 4.73. The van der Waals surface area contributed by atoms with Gasteiger partial charge in [0.1, 0.15) is 5.75 Å². The molecule has 2 aromatic carbocycles. The maximum Gasteiger partial charge on any atom is 0.227 e. The number of benzene rings is 2. The van der Waals surface area contributed by atoms with E-state index >= 15 is 0 Å². The summed E-state index contributed by atoms with van der Waals surface area (Å²) in [4.78, 5) is 26.5. The number of methoxy groups -OCH3 is 1. The zero-order valence-corrected chi connectivity index (χ0v) is 14.4. The van der Waals surface area contributed by atoms with Crippen molar-refractivity contribution in [3.63, 3.8) is 0 Å². The van der Waals surface area contributed by atoms with Gasteiger partial charge in [-0.3, -0.25) is 9.59 Å². The van der Waals surface area contributed by atoms with Crippen LogP contribution in [0.2, 0.25) is 0 Å². The fourth-order valence-corrected chi connectivity index (χ4v) is 3.38. The maximum atomic E-state index is 12.7. The van der Waals surface area contributed by atoms with Gasteiger partial charge in [-0.25, -0.2) is 0 Å². The number of piperidine rings is 1. The van der Waals surface area contributed by atoms with Gasteiger partial charge < -0.3 is 15.4 Å². The van der Waals surface area contributed by atoms with E-state index in [1.54, 1.807) is 12.0 Å². The normalized spacial score (nSPS) is 20.4. The minimum Gasteiger partial charge on any atom is -0.497 e. The molecule has 0 bridgehead atoms. The number of anilines is 1. The number of carbonyl (C=O) groups is 2. The predicted molar refractivity (Wildman–Crippen MR) is 96.3 cm³/mol. The van der Waals surface area contributed by atoms with Crippen molar-refractivity contribution >= 4 is 17.5 Å². The van der Waals surface area contributed by atoms with Gasteiger partial charge in [0.25, 0.3) is 0 Å². The SMILES string of the molecule is COc1ccc([C@H]2[C@@H](C(N)=O)CCC(=O)N2c2ccc(C)cc2)cc1. The van der Waals surface area contributed by atoms with Crippen LogP contribution in [-0.2, 0) is 9.59 Å². The van der Waals surface area contributed by atoms with Gasteiger partial charge in [-0.15, -0.1) is 0 Å². The molecule has 0 saturated carbocycles. The van der Waals surface area contributed by atoms with Crippen LogP contribution in [-0.4, -0.2) is 18.9 Å². The van der Waals surface area contributed by atoms with Crippen LogP contribution >= 0.6 is 0 Å². The Hall–Kier alpha value is -2.82. The van der Waals surface area contributed by atoms with Crippen LogP contribution in [0.4, 0.5) is 5.69 Å². The first kappa shape index (κ1) is 17.0. The van der Waals surface area contributed by atoms with Gasteiger partial charge in [-0.1, -0.05) is 29.8 Å². The van der Waals surface area contributed by atoms with Gasteiger partial charge in [0, 0.05) is 12.1 Å². The summed E-state index contributed by atoms with van der Waals surface area (Å²) in [5.41, 5.74) is 8.42. The molecule has 1 heterocycles.